The van der Waals surface area contributed by atoms with Crippen LogP contribution in [0.15, 0.2) is 33.7 Å². The molecule has 0 atom stereocenters. The Morgan fingerprint density at radius 3 is 2.43 bits per heavy atom. The summed E-state index contributed by atoms with van der Waals surface area (Å²) in [5, 5.41) is 9.40. The molecular weight excluding hydrogens is 539 g/mol. The summed E-state index contributed by atoms with van der Waals surface area (Å²) in [6.07, 6.45) is 1.68. The van der Waals surface area contributed by atoms with Crippen LogP contribution in [0.1, 0.15) is 30.1 Å². The van der Waals surface area contributed by atoms with Gasteiger partial charge in [0.2, 0.25) is 0 Å². The van der Waals surface area contributed by atoms with E-state index in [-0.39, 0.29) is 29.9 Å². The first-order valence-corrected chi connectivity index (χ1v) is 10.1. The number of amides is 1. The number of nitrogens with one attached hydrogen (secondary N) is 3. The van der Waals surface area contributed by atoms with Gasteiger partial charge in [-0.05, 0) is 44.0 Å². The minimum Gasteiger partial charge on any atom is -0.382 e. The van der Waals surface area contributed by atoms with Crippen molar-refractivity contribution in [1.82, 2.24) is 16.0 Å². The van der Waals surface area contributed by atoms with Gasteiger partial charge < -0.3 is 25.4 Å². The average molecular weight is 571 g/mol. The molecule has 160 valence electrons. The van der Waals surface area contributed by atoms with Crippen LogP contribution in [0.25, 0.3) is 0 Å². The highest BCUT2D eigenvalue weighted by Crippen LogP contribution is 2.10. The molecule has 0 fully saturated rings. The maximum atomic E-state index is 12.0. The van der Waals surface area contributed by atoms with Gasteiger partial charge in [-0.1, -0.05) is 15.9 Å². The highest BCUT2D eigenvalue weighted by atomic mass is 127. The molecule has 0 bridgehead atoms. The van der Waals surface area contributed by atoms with Gasteiger partial charge in [0, 0.05) is 49.9 Å². The van der Waals surface area contributed by atoms with Crippen molar-refractivity contribution < 1.29 is 14.3 Å². The van der Waals surface area contributed by atoms with E-state index in [2.05, 4.69) is 36.9 Å². The molecule has 0 unspecified atom stereocenters. The molecule has 1 aromatic carbocycles. The van der Waals surface area contributed by atoms with Gasteiger partial charge in [-0.3, -0.25) is 9.79 Å². The number of guanidine groups is 1. The number of benzene rings is 1. The standard InChI is InChI=1S/C19H31BrN4O3.HI/c1-3-21-19(24-12-5-13-27-15-14-26-2)23-11-4-10-22-18(25)16-6-8-17(20)9-7-16;/h6-9H,3-5,10-15H2,1-2H3,(H,22,25)(H2,21,23,24);1H. The van der Waals surface area contributed by atoms with E-state index in [1.807, 2.05) is 19.1 Å². The SMILES string of the molecule is CCNC(=NCCCNC(=O)c1ccc(Br)cc1)NCCCOCCOC.I. The van der Waals surface area contributed by atoms with Crippen molar-refractivity contribution in [3.63, 3.8) is 0 Å². The molecule has 0 spiro atoms. The second-order valence-corrected chi connectivity index (χ2v) is 6.68. The molecule has 1 amide bonds. The molecule has 0 heterocycles. The summed E-state index contributed by atoms with van der Waals surface area (Å²) in [6.45, 7) is 6.79. The third-order valence-corrected chi connectivity index (χ3v) is 4.06. The molecule has 0 saturated heterocycles. The van der Waals surface area contributed by atoms with E-state index in [4.69, 9.17) is 9.47 Å². The largest absolute Gasteiger partial charge is 0.382 e. The summed E-state index contributed by atoms with van der Waals surface area (Å²) < 4.78 is 11.3. The van der Waals surface area contributed by atoms with Gasteiger partial charge in [0.15, 0.2) is 5.96 Å². The van der Waals surface area contributed by atoms with Crippen molar-refractivity contribution in [2.75, 3.05) is 53.1 Å². The summed E-state index contributed by atoms with van der Waals surface area (Å²) >= 11 is 3.36. The number of nitrogens with zero attached hydrogens (tertiary/aromatic N) is 1. The third kappa shape index (κ3) is 13.3. The third-order valence-electron chi connectivity index (χ3n) is 3.53. The topological polar surface area (TPSA) is 84.0 Å². The second-order valence-electron chi connectivity index (χ2n) is 5.76. The monoisotopic (exact) mass is 570 g/mol. The van der Waals surface area contributed by atoms with E-state index in [1.54, 1.807) is 19.2 Å². The molecule has 9 heteroatoms. The number of carbonyl (C=O) groups excluding carboxylic acids is 1. The van der Waals surface area contributed by atoms with Crippen molar-refractivity contribution in [1.29, 1.82) is 0 Å². The lowest BCUT2D eigenvalue weighted by atomic mass is 10.2. The summed E-state index contributed by atoms with van der Waals surface area (Å²) in [6, 6.07) is 7.31. The fourth-order valence-corrected chi connectivity index (χ4v) is 2.41. The summed E-state index contributed by atoms with van der Waals surface area (Å²) in [4.78, 5) is 16.5. The zero-order chi connectivity index (χ0) is 19.7. The molecule has 0 radical (unpaired) electrons. The predicted octanol–water partition coefficient (Wildman–Crippen LogP) is 2.80. The van der Waals surface area contributed by atoms with Crippen LogP contribution in [-0.4, -0.2) is 65.0 Å². The molecule has 0 saturated carbocycles. The minimum absolute atomic E-state index is 0. The van der Waals surface area contributed by atoms with Gasteiger partial charge in [-0.25, -0.2) is 0 Å². The van der Waals surface area contributed by atoms with Gasteiger partial charge in [-0.2, -0.15) is 0 Å². The molecule has 3 N–H and O–H groups in total. The van der Waals surface area contributed by atoms with Gasteiger partial charge in [-0.15, -0.1) is 24.0 Å². The van der Waals surface area contributed by atoms with Gasteiger partial charge in [0.1, 0.15) is 0 Å². The Morgan fingerprint density at radius 2 is 1.75 bits per heavy atom. The Morgan fingerprint density at radius 1 is 1.04 bits per heavy atom. The average Bonchev–Trinajstić information content (AvgIpc) is 2.67. The van der Waals surface area contributed by atoms with Crippen molar-refractivity contribution in [2.24, 2.45) is 4.99 Å². The normalized spacial score (nSPS) is 10.9. The summed E-state index contributed by atoms with van der Waals surface area (Å²) in [5.41, 5.74) is 0.657. The van der Waals surface area contributed by atoms with Gasteiger partial charge in [0.05, 0.1) is 13.2 Å². The number of halogens is 2. The van der Waals surface area contributed by atoms with Crippen LogP contribution >= 0.6 is 39.9 Å². The lowest BCUT2D eigenvalue weighted by molar-refractivity contribution is 0.0698. The number of hydrogen-bond donors (Lipinski definition) is 3. The first-order valence-electron chi connectivity index (χ1n) is 9.30. The molecule has 28 heavy (non-hydrogen) atoms. The molecule has 0 aliphatic rings. The number of carbonyl (C=O) groups is 1. The highest BCUT2D eigenvalue weighted by Gasteiger charge is 2.04. The second kappa shape index (κ2) is 18.1. The molecule has 0 aliphatic carbocycles. The van der Waals surface area contributed by atoms with Crippen LogP contribution in [-0.2, 0) is 9.47 Å². The highest BCUT2D eigenvalue weighted by molar-refractivity contribution is 14.0. The van der Waals surface area contributed by atoms with Crippen LogP contribution in [0.5, 0.6) is 0 Å². The van der Waals surface area contributed by atoms with E-state index < -0.39 is 0 Å². The molecular formula is C19H32BrIN4O3. The quantitative estimate of drug-likeness (QED) is 0.147. The van der Waals surface area contributed by atoms with Gasteiger partial charge >= 0.3 is 0 Å². The maximum absolute atomic E-state index is 12.0. The predicted molar refractivity (Wildman–Crippen MR) is 128 cm³/mol. The Bertz CT molecular complexity index is 559. The lowest BCUT2D eigenvalue weighted by Crippen LogP contribution is -2.38. The number of ether oxygens (including phenoxy) is 2. The van der Waals surface area contributed by atoms with Crippen LogP contribution < -0.4 is 16.0 Å². The molecule has 0 aromatic heterocycles. The van der Waals surface area contributed by atoms with E-state index in [0.29, 0.717) is 38.5 Å². The first kappa shape index (κ1) is 27.1. The summed E-state index contributed by atoms with van der Waals surface area (Å²) in [7, 11) is 1.66. The number of hydrogen-bond acceptors (Lipinski definition) is 4. The van der Waals surface area contributed by atoms with E-state index >= 15 is 0 Å². The molecule has 0 aliphatic heterocycles. The smallest absolute Gasteiger partial charge is 0.251 e. The molecule has 1 rings (SSSR count). The number of rotatable bonds is 13. The van der Waals surface area contributed by atoms with Crippen LogP contribution in [0.3, 0.4) is 0 Å². The molecule has 1 aromatic rings. The Hall–Kier alpha value is -0.910. The summed E-state index contributed by atoms with van der Waals surface area (Å²) in [5.74, 6) is 0.721. The fourth-order valence-electron chi connectivity index (χ4n) is 2.14. The van der Waals surface area contributed by atoms with Crippen molar-refractivity contribution >= 4 is 51.8 Å². The Balaban J connectivity index is 0.00000729. The maximum Gasteiger partial charge on any atom is 0.251 e. The Kier molecular flexibility index (Phi) is 17.6. The Labute approximate surface area is 193 Å². The zero-order valence-corrected chi connectivity index (χ0v) is 20.5. The number of methoxy groups -OCH3 is 1. The van der Waals surface area contributed by atoms with E-state index in [0.717, 1.165) is 36.4 Å². The van der Waals surface area contributed by atoms with Crippen LogP contribution in [0.4, 0.5) is 0 Å². The van der Waals surface area contributed by atoms with E-state index in [9.17, 15) is 4.79 Å². The zero-order valence-electron chi connectivity index (χ0n) is 16.6. The lowest BCUT2D eigenvalue weighted by Gasteiger charge is -2.11. The van der Waals surface area contributed by atoms with E-state index in [1.165, 1.54) is 0 Å². The minimum atomic E-state index is -0.0648. The number of aliphatic imine (C=N–C) groups is 1. The molecule has 7 nitrogen and oxygen atoms in total. The van der Waals surface area contributed by atoms with Crippen LogP contribution in [0.2, 0.25) is 0 Å². The van der Waals surface area contributed by atoms with Crippen LogP contribution in [0, 0.1) is 0 Å². The van der Waals surface area contributed by atoms with Crippen molar-refractivity contribution in [3.05, 3.63) is 34.3 Å². The first-order chi connectivity index (χ1) is 13.2. The van der Waals surface area contributed by atoms with Crippen molar-refractivity contribution in [2.45, 2.75) is 19.8 Å². The van der Waals surface area contributed by atoms with Gasteiger partial charge in [0.25, 0.3) is 5.91 Å². The fraction of sp³-hybridized carbons (Fsp3) is 0.579. The van der Waals surface area contributed by atoms with Crippen molar-refractivity contribution in [3.8, 4) is 0 Å².